The lowest BCUT2D eigenvalue weighted by Gasteiger charge is -2.22. The quantitative estimate of drug-likeness (QED) is 0.592. The van der Waals surface area contributed by atoms with E-state index in [-0.39, 0.29) is 5.91 Å². The first-order valence-corrected chi connectivity index (χ1v) is 5.99. The van der Waals surface area contributed by atoms with Crippen LogP contribution < -0.4 is 11.3 Å². The lowest BCUT2D eigenvalue weighted by molar-refractivity contribution is 0.0707. The monoisotopic (exact) mass is 251 g/mol. The Morgan fingerprint density at radius 3 is 2.78 bits per heavy atom. The standard InChI is InChI=1S/C13H21N3O2/c1-4-16(7-8-18-3)13(17)11-6-5-10(2)9-12(11)15-14/h5-6,9,15H,4,7-8,14H2,1-3H3. The van der Waals surface area contributed by atoms with Crippen molar-refractivity contribution in [2.45, 2.75) is 13.8 Å². The van der Waals surface area contributed by atoms with E-state index in [4.69, 9.17) is 10.6 Å². The molecule has 1 rings (SSSR count). The molecule has 0 aliphatic rings. The third-order valence-corrected chi connectivity index (χ3v) is 2.80. The van der Waals surface area contributed by atoms with Gasteiger partial charge in [-0.1, -0.05) is 6.07 Å². The van der Waals surface area contributed by atoms with Crippen molar-refractivity contribution < 1.29 is 9.53 Å². The van der Waals surface area contributed by atoms with Crippen LogP contribution >= 0.6 is 0 Å². The van der Waals surface area contributed by atoms with E-state index in [9.17, 15) is 4.79 Å². The number of carbonyl (C=O) groups excluding carboxylic acids is 1. The molecule has 18 heavy (non-hydrogen) atoms. The molecule has 0 saturated carbocycles. The Balaban J connectivity index is 2.93. The highest BCUT2D eigenvalue weighted by atomic mass is 16.5. The van der Waals surface area contributed by atoms with Crippen molar-refractivity contribution in [2.75, 3.05) is 32.2 Å². The molecule has 0 saturated heterocycles. The second-order valence-electron chi connectivity index (χ2n) is 4.07. The molecule has 0 aliphatic carbocycles. The Morgan fingerprint density at radius 2 is 2.22 bits per heavy atom. The number of hydrogen-bond donors (Lipinski definition) is 2. The van der Waals surface area contributed by atoms with Crippen LogP contribution in [0, 0.1) is 6.92 Å². The van der Waals surface area contributed by atoms with Gasteiger partial charge < -0.3 is 15.1 Å². The fourth-order valence-electron chi connectivity index (χ4n) is 1.74. The summed E-state index contributed by atoms with van der Waals surface area (Å²) in [5.41, 5.74) is 4.86. The molecule has 5 nitrogen and oxygen atoms in total. The van der Waals surface area contributed by atoms with E-state index in [0.717, 1.165) is 5.56 Å². The van der Waals surface area contributed by atoms with Crippen LogP contribution in [0.25, 0.3) is 0 Å². The Bertz CT molecular complexity index is 407. The van der Waals surface area contributed by atoms with Crippen LogP contribution in [0.1, 0.15) is 22.8 Å². The van der Waals surface area contributed by atoms with E-state index in [1.54, 1.807) is 18.1 Å². The zero-order chi connectivity index (χ0) is 13.5. The molecule has 3 N–H and O–H groups in total. The van der Waals surface area contributed by atoms with Crippen molar-refractivity contribution in [3.63, 3.8) is 0 Å². The fourth-order valence-corrected chi connectivity index (χ4v) is 1.74. The maximum Gasteiger partial charge on any atom is 0.256 e. The zero-order valence-electron chi connectivity index (χ0n) is 11.2. The van der Waals surface area contributed by atoms with Gasteiger partial charge >= 0.3 is 0 Å². The summed E-state index contributed by atoms with van der Waals surface area (Å²) in [6.45, 7) is 5.63. The molecule has 0 aliphatic heterocycles. The Kier molecular flexibility index (Phi) is 5.61. The number of amides is 1. The van der Waals surface area contributed by atoms with E-state index in [1.165, 1.54) is 0 Å². The van der Waals surface area contributed by atoms with Crippen LogP contribution in [0.15, 0.2) is 18.2 Å². The second kappa shape index (κ2) is 6.98. The number of nitrogens with zero attached hydrogens (tertiary/aromatic N) is 1. The molecule has 0 fully saturated rings. The number of carbonyl (C=O) groups is 1. The second-order valence-corrected chi connectivity index (χ2v) is 4.07. The number of anilines is 1. The maximum atomic E-state index is 12.3. The van der Waals surface area contributed by atoms with Crippen LogP contribution in [-0.4, -0.2) is 37.6 Å². The van der Waals surface area contributed by atoms with Crippen LogP contribution in [0.5, 0.6) is 0 Å². The first-order valence-electron chi connectivity index (χ1n) is 5.99. The summed E-state index contributed by atoms with van der Waals surface area (Å²) in [7, 11) is 1.62. The first-order chi connectivity index (χ1) is 8.63. The van der Waals surface area contributed by atoms with Crippen molar-refractivity contribution in [1.29, 1.82) is 0 Å². The normalized spacial score (nSPS) is 10.2. The van der Waals surface area contributed by atoms with Gasteiger partial charge in [-0.05, 0) is 31.5 Å². The van der Waals surface area contributed by atoms with E-state index >= 15 is 0 Å². The lowest BCUT2D eigenvalue weighted by Crippen LogP contribution is -2.34. The topological polar surface area (TPSA) is 67.6 Å². The number of nitrogen functional groups attached to an aromatic ring is 1. The highest BCUT2D eigenvalue weighted by molar-refractivity contribution is 5.99. The predicted octanol–water partition coefficient (Wildman–Crippen LogP) is 1.39. The molecular formula is C13H21N3O2. The molecule has 0 bridgehead atoms. The van der Waals surface area contributed by atoms with Crippen molar-refractivity contribution >= 4 is 11.6 Å². The van der Waals surface area contributed by atoms with Gasteiger partial charge in [0.05, 0.1) is 17.9 Å². The average Bonchev–Trinajstić information content (AvgIpc) is 2.39. The van der Waals surface area contributed by atoms with Gasteiger partial charge in [0.25, 0.3) is 5.91 Å². The summed E-state index contributed by atoms with van der Waals surface area (Å²) in [6.07, 6.45) is 0. The fraction of sp³-hybridized carbons (Fsp3) is 0.462. The lowest BCUT2D eigenvalue weighted by atomic mass is 10.1. The van der Waals surface area contributed by atoms with Crippen molar-refractivity contribution in [3.05, 3.63) is 29.3 Å². The van der Waals surface area contributed by atoms with Gasteiger partial charge in [0.15, 0.2) is 0 Å². The minimum Gasteiger partial charge on any atom is -0.383 e. The van der Waals surface area contributed by atoms with Crippen molar-refractivity contribution in [1.82, 2.24) is 4.90 Å². The van der Waals surface area contributed by atoms with Gasteiger partial charge in [-0.25, -0.2) is 0 Å². The number of methoxy groups -OCH3 is 1. The molecule has 1 aromatic carbocycles. The Labute approximate surface area is 108 Å². The number of hydrogen-bond acceptors (Lipinski definition) is 4. The third-order valence-electron chi connectivity index (χ3n) is 2.80. The number of aryl methyl sites for hydroxylation is 1. The molecule has 0 heterocycles. The van der Waals surface area contributed by atoms with Gasteiger partial charge in [-0.15, -0.1) is 0 Å². The Morgan fingerprint density at radius 1 is 1.50 bits per heavy atom. The van der Waals surface area contributed by atoms with Crippen molar-refractivity contribution in [3.8, 4) is 0 Å². The van der Waals surface area contributed by atoms with E-state index in [2.05, 4.69) is 5.43 Å². The van der Waals surface area contributed by atoms with Gasteiger partial charge in [-0.3, -0.25) is 10.6 Å². The van der Waals surface area contributed by atoms with E-state index < -0.39 is 0 Å². The summed E-state index contributed by atoms with van der Waals surface area (Å²) in [6, 6.07) is 5.55. The van der Waals surface area contributed by atoms with Gasteiger partial charge in [0, 0.05) is 20.2 Å². The highest BCUT2D eigenvalue weighted by Crippen LogP contribution is 2.18. The molecule has 0 radical (unpaired) electrons. The van der Waals surface area contributed by atoms with Crippen LogP contribution in [0.3, 0.4) is 0 Å². The number of rotatable bonds is 6. The number of benzene rings is 1. The summed E-state index contributed by atoms with van der Waals surface area (Å²) in [4.78, 5) is 14.1. The first kappa shape index (κ1) is 14.5. The molecule has 0 atom stereocenters. The molecule has 1 amide bonds. The van der Waals surface area contributed by atoms with Gasteiger partial charge in [0.2, 0.25) is 0 Å². The molecule has 0 unspecified atom stereocenters. The van der Waals surface area contributed by atoms with Crippen LogP contribution in [0.4, 0.5) is 5.69 Å². The molecular weight excluding hydrogens is 230 g/mol. The largest absolute Gasteiger partial charge is 0.383 e. The number of nitrogens with two attached hydrogens (primary N) is 1. The minimum absolute atomic E-state index is 0.0394. The zero-order valence-corrected chi connectivity index (χ0v) is 11.2. The summed E-state index contributed by atoms with van der Waals surface area (Å²) >= 11 is 0. The summed E-state index contributed by atoms with van der Waals surface area (Å²) in [5.74, 6) is 5.41. The number of nitrogens with one attached hydrogen (secondary N) is 1. The third kappa shape index (κ3) is 3.45. The van der Waals surface area contributed by atoms with Crippen LogP contribution in [0.2, 0.25) is 0 Å². The van der Waals surface area contributed by atoms with E-state index in [1.807, 2.05) is 26.0 Å². The highest BCUT2D eigenvalue weighted by Gasteiger charge is 2.17. The molecule has 0 spiro atoms. The van der Waals surface area contributed by atoms with Gasteiger partial charge in [0.1, 0.15) is 0 Å². The summed E-state index contributed by atoms with van der Waals surface area (Å²) < 4.78 is 5.00. The smallest absolute Gasteiger partial charge is 0.256 e. The number of likely N-dealkylation sites (N-methyl/N-ethyl adjacent to an activating group) is 1. The van der Waals surface area contributed by atoms with Gasteiger partial charge in [-0.2, -0.15) is 0 Å². The maximum absolute atomic E-state index is 12.3. The molecule has 5 heteroatoms. The molecule has 1 aromatic rings. The van der Waals surface area contributed by atoms with Crippen LogP contribution in [-0.2, 0) is 4.74 Å². The van der Waals surface area contributed by atoms with E-state index in [0.29, 0.717) is 30.9 Å². The number of hydrazine groups is 1. The summed E-state index contributed by atoms with van der Waals surface area (Å²) in [5, 5.41) is 0. The Hall–Kier alpha value is -1.59. The average molecular weight is 251 g/mol. The number of ether oxygens (including phenoxy) is 1. The SMILES string of the molecule is CCN(CCOC)C(=O)c1ccc(C)cc1NN. The minimum atomic E-state index is -0.0394. The van der Waals surface area contributed by atoms with Crippen molar-refractivity contribution in [2.24, 2.45) is 5.84 Å². The predicted molar refractivity (Wildman–Crippen MR) is 72.4 cm³/mol. The molecule has 0 aromatic heterocycles. The molecule has 100 valence electrons.